The average molecular weight is 291 g/mol. The van der Waals surface area contributed by atoms with Crippen molar-refractivity contribution in [2.45, 2.75) is 72.9 Å². The smallest absolute Gasteiger partial charge is 0.126 e. The van der Waals surface area contributed by atoms with Gasteiger partial charge >= 0.3 is 0 Å². The molecule has 0 bridgehead atoms. The van der Waals surface area contributed by atoms with Crippen LogP contribution in [0.2, 0.25) is 0 Å². The molecule has 1 fully saturated rings. The molecule has 0 spiro atoms. The van der Waals surface area contributed by atoms with Crippen LogP contribution in [0, 0.1) is 23.6 Å². The third-order valence-corrected chi connectivity index (χ3v) is 4.74. The molecule has 1 atom stereocenters. The maximum Gasteiger partial charge on any atom is 0.126 e. The first kappa shape index (κ1) is 16.5. The summed E-state index contributed by atoms with van der Waals surface area (Å²) < 4.78 is 13.7. The molecule has 0 amide bonds. The van der Waals surface area contributed by atoms with Crippen molar-refractivity contribution in [1.82, 2.24) is 5.32 Å². The predicted octanol–water partition coefficient (Wildman–Crippen LogP) is 5.39. The van der Waals surface area contributed by atoms with Crippen molar-refractivity contribution < 1.29 is 4.39 Å². The van der Waals surface area contributed by atoms with Gasteiger partial charge in [-0.15, -0.1) is 0 Å². The highest BCUT2D eigenvalue weighted by Crippen LogP contribution is 2.46. The predicted molar refractivity (Wildman–Crippen MR) is 87.9 cm³/mol. The number of halogens is 1. The summed E-state index contributed by atoms with van der Waals surface area (Å²) in [4.78, 5) is 0. The quantitative estimate of drug-likeness (QED) is 0.787. The molecular formula is C19H30FN. The molecule has 2 rings (SSSR count). The Bertz CT molecular complexity index is 488. The lowest BCUT2D eigenvalue weighted by Crippen LogP contribution is -2.44. The van der Waals surface area contributed by atoms with Crippen molar-refractivity contribution in [3.8, 4) is 0 Å². The average Bonchev–Trinajstić information content (AvgIpc) is 2.28. The van der Waals surface area contributed by atoms with E-state index in [1.165, 1.54) is 19.3 Å². The Kier molecular flexibility index (Phi) is 4.49. The molecule has 0 aliphatic heterocycles. The Morgan fingerprint density at radius 2 is 1.71 bits per heavy atom. The maximum atomic E-state index is 13.7. The summed E-state index contributed by atoms with van der Waals surface area (Å²) in [6, 6.07) is 6.27. The fourth-order valence-corrected chi connectivity index (χ4v) is 4.29. The van der Waals surface area contributed by atoms with Crippen molar-refractivity contribution in [3.63, 3.8) is 0 Å². The molecule has 0 aromatic heterocycles. The zero-order chi connectivity index (χ0) is 15.8. The van der Waals surface area contributed by atoms with E-state index in [1.54, 1.807) is 6.07 Å². The van der Waals surface area contributed by atoms with Crippen LogP contribution in [0.5, 0.6) is 0 Å². The third kappa shape index (κ3) is 4.29. The van der Waals surface area contributed by atoms with Gasteiger partial charge in [-0.25, -0.2) is 4.39 Å². The van der Waals surface area contributed by atoms with Crippen LogP contribution in [0.4, 0.5) is 4.39 Å². The summed E-state index contributed by atoms with van der Waals surface area (Å²) in [5.74, 6) is -0.106. The van der Waals surface area contributed by atoms with Crippen LogP contribution < -0.4 is 5.32 Å². The van der Waals surface area contributed by atoms with Crippen LogP contribution in [-0.4, -0.2) is 6.04 Å². The Morgan fingerprint density at radius 1 is 1.14 bits per heavy atom. The zero-order valence-electron chi connectivity index (χ0n) is 14.4. The molecule has 0 saturated heterocycles. The number of rotatable bonds is 3. The van der Waals surface area contributed by atoms with E-state index in [0.29, 0.717) is 22.4 Å². The van der Waals surface area contributed by atoms with Crippen LogP contribution in [0.1, 0.15) is 71.0 Å². The van der Waals surface area contributed by atoms with Gasteiger partial charge in [-0.2, -0.15) is 0 Å². The molecular weight excluding hydrogens is 261 g/mol. The monoisotopic (exact) mass is 291 g/mol. The minimum absolute atomic E-state index is 0.106. The van der Waals surface area contributed by atoms with E-state index >= 15 is 0 Å². The highest BCUT2D eigenvalue weighted by atomic mass is 19.1. The summed E-state index contributed by atoms with van der Waals surface area (Å²) in [7, 11) is 0. The van der Waals surface area contributed by atoms with Crippen LogP contribution in [0.25, 0.3) is 0 Å². The lowest BCUT2D eigenvalue weighted by Gasteiger charge is -2.46. The topological polar surface area (TPSA) is 12.0 Å². The van der Waals surface area contributed by atoms with E-state index in [1.807, 2.05) is 19.1 Å². The van der Waals surface area contributed by atoms with Crippen molar-refractivity contribution in [2.75, 3.05) is 0 Å². The molecule has 1 nitrogen and oxygen atoms in total. The van der Waals surface area contributed by atoms with Crippen molar-refractivity contribution in [1.29, 1.82) is 0 Å². The van der Waals surface area contributed by atoms with Gasteiger partial charge in [0.2, 0.25) is 0 Å². The molecule has 1 aromatic rings. The van der Waals surface area contributed by atoms with E-state index in [2.05, 4.69) is 39.9 Å². The van der Waals surface area contributed by atoms with Crippen LogP contribution in [0.15, 0.2) is 18.2 Å². The summed E-state index contributed by atoms with van der Waals surface area (Å²) >= 11 is 0. The fraction of sp³-hybridized carbons (Fsp3) is 0.684. The maximum absolute atomic E-state index is 13.7. The molecule has 1 aliphatic rings. The molecule has 1 unspecified atom stereocenters. The first-order valence-electron chi connectivity index (χ1n) is 8.10. The van der Waals surface area contributed by atoms with Crippen LogP contribution >= 0.6 is 0 Å². The Balaban J connectivity index is 2.08. The van der Waals surface area contributed by atoms with Crippen LogP contribution in [-0.2, 0) is 0 Å². The largest absolute Gasteiger partial charge is 0.307 e. The Labute approximate surface area is 129 Å². The van der Waals surface area contributed by atoms with Gasteiger partial charge in [-0.05, 0) is 61.1 Å². The first-order valence-corrected chi connectivity index (χ1v) is 8.10. The van der Waals surface area contributed by atoms with Gasteiger partial charge in [-0.3, -0.25) is 0 Å². The summed E-state index contributed by atoms with van der Waals surface area (Å²) in [6.07, 6.45) is 3.65. The lowest BCUT2D eigenvalue weighted by atomic mass is 9.63. The standard InChI is InChI=1S/C19H30FN/c1-13-7-8-15(9-17(13)20)14(2)21-16-10-18(3,4)12-19(5,6)11-16/h7-9,14,16,21H,10-12H2,1-6H3. The molecule has 1 aliphatic carbocycles. The van der Waals surface area contributed by atoms with Gasteiger partial charge in [0.15, 0.2) is 0 Å². The van der Waals surface area contributed by atoms with Crippen molar-refractivity contribution in [3.05, 3.63) is 35.1 Å². The second kappa shape index (κ2) is 5.72. The number of hydrogen-bond acceptors (Lipinski definition) is 1. The minimum Gasteiger partial charge on any atom is -0.307 e. The zero-order valence-corrected chi connectivity index (χ0v) is 14.4. The van der Waals surface area contributed by atoms with E-state index in [4.69, 9.17) is 0 Å². The second-order valence-electron chi connectivity index (χ2n) is 8.51. The van der Waals surface area contributed by atoms with E-state index < -0.39 is 0 Å². The number of benzene rings is 1. The SMILES string of the molecule is Cc1ccc(C(C)NC2CC(C)(C)CC(C)(C)C2)cc1F. The Hall–Kier alpha value is -0.890. The van der Waals surface area contributed by atoms with Gasteiger partial charge in [0.05, 0.1) is 0 Å². The van der Waals surface area contributed by atoms with Gasteiger partial charge in [0.25, 0.3) is 0 Å². The number of aryl methyl sites for hydroxylation is 1. The molecule has 0 radical (unpaired) electrons. The van der Waals surface area contributed by atoms with Gasteiger partial charge in [-0.1, -0.05) is 39.8 Å². The highest BCUT2D eigenvalue weighted by molar-refractivity contribution is 5.25. The summed E-state index contributed by atoms with van der Waals surface area (Å²) in [5.41, 5.74) is 2.50. The molecule has 1 aromatic carbocycles. The molecule has 2 heteroatoms. The first-order chi connectivity index (χ1) is 9.58. The number of nitrogens with one attached hydrogen (secondary N) is 1. The van der Waals surface area contributed by atoms with Gasteiger partial charge < -0.3 is 5.32 Å². The van der Waals surface area contributed by atoms with Crippen LogP contribution in [0.3, 0.4) is 0 Å². The van der Waals surface area contributed by atoms with E-state index in [9.17, 15) is 4.39 Å². The molecule has 21 heavy (non-hydrogen) atoms. The van der Waals surface area contributed by atoms with E-state index in [0.717, 1.165) is 5.56 Å². The third-order valence-electron chi connectivity index (χ3n) is 4.74. The molecule has 1 saturated carbocycles. The molecule has 118 valence electrons. The minimum atomic E-state index is -0.106. The molecule has 1 N–H and O–H groups in total. The Morgan fingerprint density at radius 3 is 2.24 bits per heavy atom. The van der Waals surface area contributed by atoms with E-state index in [-0.39, 0.29) is 11.9 Å². The highest BCUT2D eigenvalue weighted by Gasteiger charge is 2.38. The summed E-state index contributed by atoms with van der Waals surface area (Å²) in [5, 5.41) is 3.73. The normalized spacial score (nSPS) is 23.0. The summed E-state index contributed by atoms with van der Waals surface area (Å²) in [6.45, 7) is 13.4. The molecule has 0 heterocycles. The fourth-order valence-electron chi connectivity index (χ4n) is 4.29. The van der Waals surface area contributed by atoms with Crippen molar-refractivity contribution >= 4 is 0 Å². The second-order valence-corrected chi connectivity index (χ2v) is 8.51. The van der Waals surface area contributed by atoms with Gasteiger partial charge in [0.1, 0.15) is 5.82 Å². The van der Waals surface area contributed by atoms with Gasteiger partial charge in [0, 0.05) is 12.1 Å². The number of hydrogen-bond donors (Lipinski definition) is 1. The lowest BCUT2D eigenvalue weighted by molar-refractivity contribution is 0.0811. The van der Waals surface area contributed by atoms with Crippen molar-refractivity contribution in [2.24, 2.45) is 10.8 Å².